The van der Waals surface area contributed by atoms with E-state index < -0.39 is 23.9 Å². The fraction of sp³-hybridized carbons (Fsp3) is 0.423. The van der Waals surface area contributed by atoms with Crippen LogP contribution in [0.5, 0.6) is 0 Å². The van der Waals surface area contributed by atoms with Crippen LogP contribution in [-0.4, -0.2) is 119 Å². The van der Waals surface area contributed by atoms with Gasteiger partial charge in [-0.15, -0.1) is 0 Å². The molecule has 0 aliphatic carbocycles. The van der Waals surface area contributed by atoms with E-state index in [1.54, 1.807) is 0 Å². The Labute approximate surface area is 227 Å². The Kier molecular flexibility index (Phi) is 17.7. The molecule has 1 saturated heterocycles. The molecule has 1 atom stereocenters. The summed E-state index contributed by atoms with van der Waals surface area (Å²) in [5, 5.41) is 31.2. The van der Waals surface area contributed by atoms with E-state index in [2.05, 4.69) is 54.2 Å². The monoisotopic (exact) mass is 551 g/mol. The van der Waals surface area contributed by atoms with Gasteiger partial charge in [-0.05, 0) is 39.5 Å². The molecule has 1 aliphatic rings. The number of benzene rings is 1. The van der Waals surface area contributed by atoms with Crippen molar-refractivity contribution in [3.63, 3.8) is 0 Å². The van der Waals surface area contributed by atoms with E-state index in [0.29, 0.717) is 37.0 Å². The number of ether oxygens (including phenoxy) is 1. The van der Waals surface area contributed by atoms with Gasteiger partial charge in [-0.2, -0.15) is 0 Å². The van der Waals surface area contributed by atoms with Crippen LogP contribution >= 0.6 is 0 Å². The second-order valence-electron chi connectivity index (χ2n) is 8.26. The SMILES string of the molecule is CCOC(=O)N1CCN(C(CCN(C)C)c2ccccc2)CC1.O=C(O)/C=C\C(=O)O.O=C(O)/C=C\C(=O)O. The third-order valence-corrected chi connectivity index (χ3v) is 5.05. The summed E-state index contributed by atoms with van der Waals surface area (Å²) in [5.41, 5.74) is 1.36. The summed E-state index contributed by atoms with van der Waals surface area (Å²) in [6.45, 7) is 6.61. The molecule has 1 fully saturated rings. The summed E-state index contributed by atoms with van der Waals surface area (Å²) >= 11 is 0. The zero-order valence-corrected chi connectivity index (χ0v) is 22.3. The zero-order valence-electron chi connectivity index (χ0n) is 22.3. The van der Waals surface area contributed by atoms with Crippen molar-refractivity contribution < 1.29 is 49.1 Å². The van der Waals surface area contributed by atoms with Gasteiger partial charge in [0.1, 0.15) is 0 Å². The van der Waals surface area contributed by atoms with Crippen LogP contribution in [0, 0.1) is 0 Å². The Balaban J connectivity index is 0.000000742. The van der Waals surface area contributed by atoms with Crippen LogP contribution in [-0.2, 0) is 23.9 Å². The predicted molar refractivity (Wildman–Crippen MR) is 141 cm³/mol. The van der Waals surface area contributed by atoms with Gasteiger partial charge in [0.15, 0.2) is 0 Å². The number of carbonyl (C=O) groups is 5. The van der Waals surface area contributed by atoms with Gasteiger partial charge in [0, 0.05) is 56.5 Å². The topological polar surface area (TPSA) is 185 Å². The molecule has 1 heterocycles. The van der Waals surface area contributed by atoms with Gasteiger partial charge < -0.3 is 35.0 Å². The number of carbonyl (C=O) groups excluding carboxylic acids is 1. The number of carboxylic acid groups (broad SMARTS) is 4. The Morgan fingerprint density at radius 3 is 1.62 bits per heavy atom. The average molecular weight is 552 g/mol. The Hall–Kier alpha value is -4.23. The van der Waals surface area contributed by atoms with Gasteiger partial charge in [0.25, 0.3) is 0 Å². The Morgan fingerprint density at radius 2 is 1.26 bits per heavy atom. The molecule has 1 unspecified atom stereocenters. The van der Waals surface area contributed by atoms with Crippen LogP contribution < -0.4 is 0 Å². The van der Waals surface area contributed by atoms with Crippen molar-refractivity contribution >= 4 is 30.0 Å². The van der Waals surface area contributed by atoms with Crippen LogP contribution in [0.15, 0.2) is 54.6 Å². The van der Waals surface area contributed by atoms with Gasteiger partial charge in [0.05, 0.1) is 6.61 Å². The molecule has 0 spiro atoms. The summed E-state index contributed by atoms with van der Waals surface area (Å²) in [5.74, 6) is -5.03. The first-order valence-electron chi connectivity index (χ1n) is 12.0. The van der Waals surface area contributed by atoms with Crippen molar-refractivity contribution in [2.75, 3.05) is 53.4 Å². The van der Waals surface area contributed by atoms with E-state index in [4.69, 9.17) is 25.2 Å². The van der Waals surface area contributed by atoms with Crippen molar-refractivity contribution in [2.45, 2.75) is 19.4 Å². The number of carboxylic acids is 4. The van der Waals surface area contributed by atoms with E-state index in [1.807, 2.05) is 11.8 Å². The van der Waals surface area contributed by atoms with Crippen molar-refractivity contribution in [3.05, 3.63) is 60.2 Å². The molecule has 1 aromatic carbocycles. The van der Waals surface area contributed by atoms with Gasteiger partial charge in [-0.1, -0.05) is 30.3 Å². The lowest BCUT2D eigenvalue weighted by atomic mass is 10.0. The molecule has 1 amide bonds. The lowest BCUT2D eigenvalue weighted by Crippen LogP contribution is -2.50. The van der Waals surface area contributed by atoms with Crippen LogP contribution in [0.25, 0.3) is 0 Å². The number of amides is 1. The molecule has 0 saturated carbocycles. The molecular formula is C26H37N3O10. The molecule has 216 valence electrons. The minimum atomic E-state index is -1.26. The van der Waals surface area contributed by atoms with Gasteiger partial charge in [0.2, 0.25) is 0 Å². The fourth-order valence-corrected chi connectivity index (χ4v) is 3.33. The van der Waals surface area contributed by atoms with E-state index in [9.17, 15) is 24.0 Å². The maximum atomic E-state index is 11.8. The predicted octanol–water partition coefficient (Wildman–Crippen LogP) is 1.88. The molecular weight excluding hydrogens is 514 g/mol. The van der Waals surface area contributed by atoms with Gasteiger partial charge in [-0.25, -0.2) is 24.0 Å². The zero-order chi connectivity index (χ0) is 29.8. The van der Waals surface area contributed by atoms with Crippen molar-refractivity contribution in [1.82, 2.24) is 14.7 Å². The minimum Gasteiger partial charge on any atom is -0.478 e. The summed E-state index contributed by atoms with van der Waals surface area (Å²) in [6.07, 6.45) is 3.14. The van der Waals surface area contributed by atoms with E-state index in [0.717, 1.165) is 39.1 Å². The maximum absolute atomic E-state index is 11.8. The fourth-order valence-electron chi connectivity index (χ4n) is 3.33. The number of hydrogen-bond acceptors (Lipinski definition) is 8. The van der Waals surface area contributed by atoms with Crippen LogP contribution in [0.4, 0.5) is 4.79 Å². The number of nitrogens with zero attached hydrogens (tertiary/aromatic N) is 3. The van der Waals surface area contributed by atoms with Gasteiger partial charge in [-0.3, -0.25) is 4.90 Å². The van der Waals surface area contributed by atoms with Crippen LogP contribution in [0.1, 0.15) is 24.9 Å². The molecule has 1 aliphatic heterocycles. The number of hydrogen-bond donors (Lipinski definition) is 4. The molecule has 0 radical (unpaired) electrons. The first-order valence-corrected chi connectivity index (χ1v) is 12.0. The van der Waals surface area contributed by atoms with Crippen molar-refractivity contribution in [1.29, 1.82) is 0 Å². The van der Waals surface area contributed by atoms with Crippen LogP contribution in [0.3, 0.4) is 0 Å². The van der Waals surface area contributed by atoms with Crippen molar-refractivity contribution in [3.8, 4) is 0 Å². The first kappa shape index (κ1) is 34.8. The normalized spacial score (nSPS) is 14.1. The molecule has 2 rings (SSSR count). The highest BCUT2D eigenvalue weighted by Crippen LogP contribution is 2.25. The quantitative estimate of drug-likeness (QED) is 0.310. The lowest BCUT2D eigenvalue weighted by Gasteiger charge is -2.39. The highest BCUT2D eigenvalue weighted by molar-refractivity contribution is 5.90. The summed E-state index contributed by atoms with van der Waals surface area (Å²) < 4.78 is 5.10. The van der Waals surface area contributed by atoms with E-state index in [-0.39, 0.29) is 6.09 Å². The van der Waals surface area contributed by atoms with Gasteiger partial charge >= 0.3 is 30.0 Å². The lowest BCUT2D eigenvalue weighted by molar-refractivity contribution is -0.134. The minimum absolute atomic E-state index is 0.184. The summed E-state index contributed by atoms with van der Waals surface area (Å²) in [6, 6.07) is 11.1. The van der Waals surface area contributed by atoms with E-state index >= 15 is 0 Å². The molecule has 0 aromatic heterocycles. The Bertz CT molecular complexity index is 905. The average Bonchev–Trinajstić information content (AvgIpc) is 2.88. The Morgan fingerprint density at radius 1 is 0.821 bits per heavy atom. The second kappa shape index (κ2) is 19.8. The summed E-state index contributed by atoms with van der Waals surface area (Å²) in [4.78, 5) is 56.6. The molecule has 1 aromatic rings. The first-order chi connectivity index (χ1) is 18.4. The number of rotatable bonds is 10. The third-order valence-electron chi connectivity index (χ3n) is 5.05. The molecule has 13 nitrogen and oxygen atoms in total. The van der Waals surface area contributed by atoms with E-state index in [1.165, 1.54) is 5.56 Å². The largest absolute Gasteiger partial charge is 0.478 e. The molecule has 39 heavy (non-hydrogen) atoms. The smallest absolute Gasteiger partial charge is 0.409 e. The highest BCUT2D eigenvalue weighted by atomic mass is 16.6. The highest BCUT2D eigenvalue weighted by Gasteiger charge is 2.27. The molecule has 0 bridgehead atoms. The van der Waals surface area contributed by atoms with Crippen molar-refractivity contribution in [2.24, 2.45) is 0 Å². The summed E-state index contributed by atoms with van der Waals surface area (Å²) in [7, 11) is 4.22. The van der Waals surface area contributed by atoms with Crippen LogP contribution in [0.2, 0.25) is 0 Å². The molecule has 4 N–H and O–H groups in total. The maximum Gasteiger partial charge on any atom is 0.409 e. The number of aliphatic carboxylic acids is 4. The second-order valence-corrected chi connectivity index (χ2v) is 8.26. The molecule has 13 heteroatoms. The third kappa shape index (κ3) is 17.8. The standard InChI is InChI=1S/C18H29N3O2.2C4H4O4/c1-4-23-18(22)21-14-12-20(13-15-21)17(10-11-19(2)3)16-8-6-5-7-9-16;2*5-3(6)1-2-4(7)8/h5-9,17H,4,10-15H2,1-3H3;2*1-2H,(H,5,6)(H,7,8)/b;2*2-1-. The number of piperazine rings is 1.